The van der Waals surface area contributed by atoms with E-state index in [2.05, 4.69) is 21.4 Å². The Bertz CT molecular complexity index is 513. The van der Waals surface area contributed by atoms with Gasteiger partial charge in [0.25, 0.3) is 0 Å². The van der Waals surface area contributed by atoms with Gasteiger partial charge in [0.05, 0.1) is 17.8 Å². The average Bonchev–Trinajstić information content (AvgIpc) is 2.40. The summed E-state index contributed by atoms with van der Waals surface area (Å²) in [5.41, 5.74) is 1.77. The molecule has 4 heteroatoms. The average molecular weight is 224 g/mol. The van der Waals surface area contributed by atoms with Crippen LogP contribution in [0.2, 0.25) is 0 Å². The van der Waals surface area contributed by atoms with Crippen LogP contribution >= 0.6 is 0 Å². The van der Waals surface area contributed by atoms with Crippen molar-refractivity contribution in [3.63, 3.8) is 0 Å². The van der Waals surface area contributed by atoms with Gasteiger partial charge in [0.15, 0.2) is 0 Å². The molecule has 0 amide bonds. The lowest BCUT2D eigenvalue weighted by Crippen LogP contribution is -2.07. The standard InChI is InChI=1S/C13H12N4/c1-10(17-13-9-15-6-7-16-13)12-4-2-11(8-14)3-5-12/h2-7,9-10H,1H3,(H,16,17)/t10-/m1/s1. The summed E-state index contributed by atoms with van der Waals surface area (Å²) in [5, 5.41) is 12.0. The van der Waals surface area contributed by atoms with E-state index in [-0.39, 0.29) is 6.04 Å². The molecule has 1 heterocycles. The zero-order valence-corrected chi connectivity index (χ0v) is 9.46. The molecule has 0 fully saturated rings. The number of benzene rings is 1. The molecule has 0 saturated carbocycles. The zero-order valence-electron chi connectivity index (χ0n) is 9.46. The Hall–Kier alpha value is -2.41. The van der Waals surface area contributed by atoms with E-state index in [1.807, 2.05) is 31.2 Å². The predicted molar refractivity (Wildman–Crippen MR) is 65.2 cm³/mol. The van der Waals surface area contributed by atoms with Crippen LogP contribution < -0.4 is 5.32 Å². The summed E-state index contributed by atoms with van der Waals surface area (Å²) in [6, 6.07) is 9.72. The van der Waals surface area contributed by atoms with Crippen molar-refractivity contribution in [2.24, 2.45) is 0 Å². The third-order valence-electron chi connectivity index (χ3n) is 2.47. The van der Waals surface area contributed by atoms with Gasteiger partial charge in [-0.15, -0.1) is 0 Å². The lowest BCUT2D eigenvalue weighted by atomic mass is 10.1. The Morgan fingerprint density at radius 2 is 2.00 bits per heavy atom. The summed E-state index contributed by atoms with van der Waals surface area (Å²) in [6.45, 7) is 2.04. The Labute approximate surface area is 100.0 Å². The molecule has 0 aliphatic heterocycles. The Morgan fingerprint density at radius 3 is 2.59 bits per heavy atom. The minimum atomic E-state index is 0.124. The fraction of sp³-hybridized carbons (Fsp3) is 0.154. The van der Waals surface area contributed by atoms with E-state index in [9.17, 15) is 0 Å². The number of nitrogens with one attached hydrogen (secondary N) is 1. The summed E-state index contributed by atoms with van der Waals surface area (Å²) >= 11 is 0. The number of nitrogens with zero attached hydrogens (tertiary/aromatic N) is 3. The highest BCUT2D eigenvalue weighted by molar-refractivity contribution is 5.38. The van der Waals surface area contributed by atoms with E-state index >= 15 is 0 Å². The first kappa shape index (κ1) is 11.1. The lowest BCUT2D eigenvalue weighted by molar-refractivity contribution is 0.871. The van der Waals surface area contributed by atoms with Crippen LogP contribution in [-0.4, -0.2) is 9.97 Å². The minimum Gasteiger partial charge on any atom is -0.362 e. The van der Waals surface area contributed by atoms with Crippen LogP contribution in [0, 0.1) is 11.3 Å². The second-order valence-corrected chi connectivity index (χ2v) is 3.69. The first-order chi connectivity index (χ1) is 8.29. The number of hydrogen-bond donors (Lipinski definition) is 1. The maximum absolute atomic E-state index is 8.72. The topological polar surface area (TPSA) is 61.6 Å². The van der Waals surface area contributed by atoms with Crippen molar-refractivity contribution < 1.29 is 0 Å². The van der Waals surface area contributed by atoms with Crippen molar-refractivity contribution in [3.8, 4) is 6.07 Å². The molecule has 84 valence electrons. The van der Waals surface area contributed by atoms with E-state index in [0.717, 1.165) is 11.4 Å². The lowest BCUT2D eigenvalue weighted by Gasteiger charge is -2.14. The normalized spacial score (nSPS) is 11.5. The summed E-state index contributed by atoms with van der Waals surface area (Å²) in [7, 11) is 0. The Balaban J connectivity index is 2.10. The molecular weight excluding hydrogens is 212 g/mol. The quantitative estimate of drug-likeness (QED) is 0.870. The maximum atomic E-state index is 8.72. The van der Waals surface area contributed by atoms with Crippen molar-refractivity contribution >= 4 is 5.82 Å². The third-order valence-corrected chi connectivity index (χ3v) is 2.47. The van der Waals surface area contributed by atoms with Crippen LogP contribution in [0.5, 0.6) is 0 Å². The van der Waals surface area contributed by atoms with Crippen molar-refractivity contribution in [3.05, 3.63) is 54.0 Å². The number of nitriles is 1. The van der Waals surface area contributed by atoms with Crippen molar-refractivity contribution in [1.82, 2.24) is 9.97 Å². The number of aromatic nitrogens is 2. The molecule has 1 N–H and O–H groups in total. The predicted octanol–water partition coefficient (Wildman–Crippen LogP) is 2.52. The van der Waals surface area contributed by atoms with E-state index < -0.39 is 0 Å². The number of hydrogen-bond acceptors (Lipinski definition) is 4. The molecule has 0 saturated heterocycles. The smallest absolute Gasteiger partial charge is 0.144 e. The van der Waals surface area contributed by atoms with Crippen LogP contribution in [0.3, 0.4) is 0 Å². The molecule has 0 aliphatic rings. The fourth-order valence-corrected chi connectivity index (χ4v) is 1.53. The fourth-order valence-electron chi connectivity index (χ4n) is 1.53. The van der Waals surface area contributed by atoms with Gasteiger partial charge in [-0.05, 0) is 24.6 Å². The summed E-state index contributed by atoms with van der Waals surface area (Å²) < 4.78 is 0. The second-order valence-electron chi connectivity index (χ2n) is 3.69. The molecule has 1 atom stereocenters. The Kier molecular flexibility index (Phi) is 3.31. The van der Waals surface area contributed by atoms with Gasteiger partial charge < -0.3 is 5.32 Å². The number of rotatable bonds is 3. The third kappa shape index (κ3) is 2.79. The van der Waals surface area contributed by atoms with Gasteiger partial charge >= 0.3 is 0 Å². The van der Waals surface area contributed by atoms with Gasteiger partial charge in [-0.3, -0.25) is 4.98 Å². The molecule has 17 heavy (non-hydrogen) atoms. The van der Waals surface area contributed by atoms with Gasteiger partial charge in [0.1, 0.15) is 5.82 Å². The number of anilines is 1. The monoisotopic (exact) mass is 224 g/mol. The summed E-state index contributed by atoms with van der Waals surface area (Å²) in [4.78, 5) is 8.14. The molecule has 2 rings (SSSR count). The minimum absolute atomic E-state index is 0.124. The van der Waals surface area contributed by atoms with Gasteiger partial charge in [-0.1, -0.05) is 12.1 Å². The van der Waals surface area contributed by atoms with Crippen LogP contribution in [0.1, 0.15) is 24.1 Å². The van der Waals surface area contributed by atoms with Crippen LogP contribution in [0.25, 0.3) is 0 Å². The molecular formula is C13H12N4. The van der Waals surface area contributed by atoms with E-state index in [1.165, 1.54) is 0 Å². The first-order valence-electron chi connectivity index (χ1n) is 5.32. The van der Waals surface area contributed by atoms with Crippen LogP contribution in [0.15, 0.2) is 42.9 Å². The highest BCUT2D eigenvalue weighted by atomic mass is 15.0. The van der Waals surface area contributed by atoms with Crippen LogP contribution in [0.4, 0.5) is 5.82 Å². The molecule has 0 unspecified atom stereocenters. The van der Waals surface area contributed by atoms with Gasteiger partial charge in [0.2, 0.25) is 0 Å². The highest BCUT2D eigenvalue weighted by Crippen LogP contribution is 2.17. The highest BCUT2D eigenvalue weighted by Gasteiger charge is 2.05. The molecule has 1 aromatic carbocycles. The van der Waals surface area contributed by atoms with Gasteiger partial charge in [0, 0.05) is 18.4 Å². The van der Waals surface area contributed by atoms with Gasteiger partial charge in [-0.2, -0.15) is 5.26 Å². The molecule has 1 aromatic heterocycles. The summed E-state index contributed by atoms with van der Waals surface area (Å²) in [6.07, 6.45) is 4.96. The van der Waals surface area contributed by atoms with E-state index in [0.29, 0.717) is 5.56 Å². The molecule has 2 aromatic rings. The maximum Gasteiger partial charge on any atom is 0.144 e. The SMILES string of the molecule is C[C@@H](Nc1cnccn1)c1ccc(C#N)cc1. The molecule has 0 bridgehead atoms. The zero-order chi connectivity index (χ0) is 12.1. The second kappa shape index (κ2) is 5.08. The molecule has 4 nitrogen and oxygen atoms in total. The summed E-state index contributed by atoms with van der Waals surface area (Å²) in [5.74, 6) is 0.740. The van der Waals surface area contributed by atoms with Gasteiger partial charge in [-0.25, -0.2) is 4.98 Å². The van der Waals surface area contributed by atoms with E-state index in [4.69, 9.17) is 5.26 Å². The molecule has 0 spiro atoms. The van der Waals surface area contributed by atoms with Crippen molar-refractivity contribution in [2.75, 3.05) is 5.32 Å². The molecule has 0 radical (unpaired) electrons. The van der Waals surface area contributed by atoms with E-state index in [1.54, 1.807) is 18.6 Å². The largest absolute Gasteiger partial charge is 0.362 e. The van der Waals surface area contributed by atoms with Crippen LogP contribution in [-0.2, 0) is 0 Å². The Morgan fingerprint density at radius 1 is 1.24 bits per heavy atom. The first-order valence-corrected chi connectivity index (χ1v) is 5.32. The molecule has 0 aliphatic carbocycles. The van der Waals surface area contributed by atoms with Crippen molar-refractivity contribution in [2.45, 2.75) is 13.0 Å². The van der Waals surface area contributed by atoms with Crippen molar-refractivity contribution in [1.29, 1.82) is 5.26 Å².